The molecule has 0 aromatic carbocycles. The molecule has 2 unspecified atom stereocenters. The third-order valence-corrected chi connectivity index (χ3v) is 5.67. The molecule has 1 rings (SSSR count). The number of rotatable bonds is 8. The standard InChI is InChI=1S/C13H28N2O2S2/c1-4-7-14-12(6-5-10-19(3,16)17)13-11-18-9-8-15(13)2/h12-14H,4-11H2,1-3H3. The maximum Gasteiger partial charge on any atom is 0.147 e. The van der Waals surface area contributed by atoms with Crippen molar-refractivity contribution in [2.75, 3.05) is 43.7 Å². The number of nitrogens with zero attached hydrogens (tertiary/aromatic N) is 1. The van der Waals surface area contributed by atoms with Gasteiger partial charge in [-0.15, -0.1) is 0 Å². The highest BCUT2D eigenvalue weighted by atomic mass is 32.2. The number of hydrogen-bond acceptors (Lipinski definition) is 5. The van der Waals surface area contributed by atoms with Gasteiger partial charge in [-0.05, 0) is 32.9 Å². The number of thioether (sulfide) groups is 1. The van der Waals surface area contributed by atoms with Gasteiger partial charge in [0.15, 0.2) is 0 Å². The van der Waals surface area contributed by atoms with Crippen LogP contribution in [0.15, 0.2) is 0 Å². The molecule has 114 valence electrons. The molecule has 1 aliphatic heterocycles. The van der Waals surface area contributed by atoms with Crippen molar-refractivity contribution in [3.63, 3.8) is 0 Å². The summed E-state index contributed by atoms with van der Waals surface area (Å²) < 4.78 is 22.5. The van der Waals surface area contributed by atoms with Gasteiger partial charge in [-0.3, -0.25) is 0 Å². The molecule has 1 fully saturated rings. The lowest BCUT2D eigenvalue weighted by Crippen LogP contribution is -2.53. The Balaban J connectivity index is 2.50. The Morgan fingerprint density at radius 2 is 2.21 bits per heavy atom. The van der Waals surface area contributed by atoms with Crippen LogP contribution in [-0.4, -0.2) is 69.1 Å². The van der Waals surface area contributed by atoms with Crippen molar-refractivity contribution in [2.45, 2.75) is 38.3 Å². The van der Waals surface area contributed by atoms with Crippen LogP contribution in [0.4, 0.5) is 0 Å². The molecule has 2 atom stereocenters. The Bertz CT molecular complexity index is 347. The second kappa shape index (κ2) is 8.49. The number of likely N-dealkylation sites (N-methyl/N-ethyl adjacent to an activating group) is 1. The first-order chi connectivity index (χ1) is 8.94. The van der Waals surface area contributed by atoms with Crippen molar-refractivity contribution in [3.8, 4) is 0 Å². The van der Waals surface area contributed by atoms with E-state index < -0.39 is 9.84 Å². The van der Waals surface area contributed by atoms with E-state index in [0.717, 1.165) is 38.1 Å². The summed E-state index contributed by atoms with van der Waals surface area (Å²) in [6.45, 7) is 4.31. The zero-order valence-corrected chi connectivity index (χ0v) is 14.0. The van der Waals surface area contributed by atoms with E-state index in [1.165, 1.54) is 12.0 Å². The van der Waals surface area contributed by atoms with Gasteiger partial charge in [-0.2, -0.15) is 11.8 Å². The Morgan fingerprint density at radius 3 is 2.79 bits per heavy atom. The average molecular weight is 309 g/mol. The van der Waals surface area contributed by atoms with Crippen molar-refractivity contribution in [1.82, 2.24) is 10.2 Å². The fraction of sp³-hybridized carbons (Fsp3) is 1.00. The van der Waals surface area contributed by atoms with E-state index in [4.69, 9.17) is 0 Å². The minimum atomic E-state index is -2.83. The van der Waals surface area contributed by atoms with Crippen LogP contribution in [0, 0.1) is 0 Å². The molecule has 0 aromatic heterocycles. The largest absolute Gasteiger partial charge is 0.312 e. The van der Waals surface area contributed by atoms with E-state index in [0.29, 0.717) is 17.8 Å². The summed E-state index contributed by atoms with van der Waals surface area (Å²) in [5.74, 6) is 2.66. The van der Waals surface area contributed by atoms with Crippen LogP contribution in [0.2, 0.25) is 0 Å². The fourth-order valence-corrected chi connectivity index (χ4v) is 4.46. The maximum absolute atomic E-state index is 11.2. The van der Waals surface area contributed by atoms with Gasteiger partial charge in [0.25, 0.3) is 0 Å². The summed E-state index contributed by atoms with van der Waals surface area (Å²) >= 11 is 2.01. The van der Waals surface area contributed by atoms with Crippen LogP contribution < -0.4 is 5.32 Å². The molecule has 4 nitrogen and oxygen atoms in total. The lowest BCUT2D eigenvalue weighted by Gasteiger charge is -2.38. The van der Waals surface area contributed by atoms with E-state index in [1.807, 2.05) is 11.8 Å². The minimum Gasteiger partial charge on any atom is -0.312 e. The molecule has 0 spiro atoms. The highest BCUT2D eigenvalue weighted by Crippen LogP contribution is 2.20. The third kappa shape index (κ3) is 6.97. The number of hydrogen-bond donors (Lipinski definition) is 1. The normalized spacial score (nSPS) is 23.4. The predicted octanol–water partition coefficient (Wildman–Crippen LogP) is 1.23. The SMILES string of the molecule is CCCNC(CCCS(C)(=O)=O)C1CSCCN1C. The van der Waals surface area contributed by atoms with Crippen molar-refractivity contribution in [3.05, 3.63) is 0 Å². The maximum atomic E-state index is 11.2. The molecule has 1 aliphatic rings. The van der Waals surface area contributed by atoms with Crippen LogP contribution in [0.25, 0.3) is 0 Å². The average Bonchev–Trinajstić information content (AvgIpc) is 2.33. The lowest BCUT2D eigenvalue weighted by molar-refractivity contribution is 0.207. The third-order valence-electron chi connectivity index (χ3n) is 3.59. The highest BCUT2D eigenvalue weighted by molar-refractivity contribution is 7.99. The predicted molar refractivity (Wildman–Crippen MR) is 84.8 cm³/mol. The quantitative estimate of drug-likeness (QED) is 0.731. The second-order valence-corrected chi connectivity index (χ2v) is 8.87. The van der Waals surface area contributed by atoms with Crippen molar-refractivity contribution >= 4 is 21.6 Å². The molecule has 1 N–H and O–H groups in total. The summed E-state index contributed by atoms with van der Waals surface area (Å²) in [5.41, 5.74) is 0. The first kappa shape index (κ1) is 17.3. The molecule has 0 aromatic rings. The minimum absolute atomic E-state index is 0.306. The Hall–Kier alpha value is 0.220. The number of sulfone groups is 1. The molecule has 1 heterocycles. The van der Waals surface area contributed by atoms with Gasteiger partial charge in [0.2, 0.25) is 0 Å². The summed E-state index contributed by atoms with van der Waals surface area (Å²) in [6, 6.07) is 0.948. The van der Waals surface area contributed by atoms with Crippen molar-refractivity contribution in [2.24, 2.45) is 0 Å². The molecule has 6 heteroatoms. The summed E-state index contributed by atoms with van der Waals surface area (Å²) in [6.07, 6.45) is 4.15. The molecule has 0 bridgehead atoms. The Labute approximate surface area is 122 Å². The van der Waals surface area contributed by atoms with Crippen LogP contribution in [-0.2, 0) is 9.84 Å². The molecule has 1 saturated heterocycles. The van der Waals surface area contributed by atoms with E-state index in [2.05, 4.69) is 24.2 Å². The molecular weight excluding hydrogens is 280 g/mol. The second-order valence-electron chi connectivity index (χ2n) is 5.46. The summed E-state index contributed by atoms with van der Waals surface area (Å²) in [5, 5.41) is 3.61. The number of nitrogens with one attached hydrogen (secondary N) is 1. The van der Waals surface area contributed by atoms with E-state index >= 15 is 0 Å². The first-order valence-electron chi connectivity index (χ1n) is 7.13. The van der Waals surface area contributed by atoms with Gasteiger partial charge in [-0.1, -0.05) is 6.92 Å². The molecule has 0 saturated carbocycles. The van der Waals surface area contributed by atoms with Crippen LogP contribution >= 0.6 is 11.8 Å². The van der Waals surface area contributed by atoms with Crippen molar-refractivity contribution in [1.29, 1.82) is 0 Å². The fourth-order valence-electron chi connectivity index (χ4n) is 2.45. The van der Waals surface area contributed by atoms with Gasteiger partial charge in [0.05, 0.1) is 0 Å². The molecule has 19 heavy (non-hydrogen) atoms. The van der Waals surface area contributed by atoms with Gasteiger partial charge in [0.1, 0.15) is 9.84 Å². The van der Waals surface area contributed by atoms with Crippen LogP contribution in [0.5, 0.6) is 0 Å². The van der Waals surface area contributed by atoms with Gasteiger partial charge >= 0.3 is 0 Å². The molecule has 0 aliphatic carbocycles. The zero-order valence-electron chi connectivity index (χ0n) is 12.4. The molecule has 0 radical (unpaired) electrons. The smallest absolute Gasteiger partial charge is 0.147 e. The molecule has 0 amide bonds. The van der Waals surface area contributed by atoms with Gasteiger partial charge in [0, 0.05) is 42.1 Å². The van der Waals surface area contributed by atoms with Crippen LogP contribution in [0.3, 0.4) is 0 Å². The molecular formula is C13H28N2O2S2. The van der Waals surface area contributed by atoms with Crippen LogP contribution in [0.1, 0.15) is 26.2 Å². The van der Waals surface area contributed by atoms with Gasteiger partial charge < -0.3 is 10.2 Å². The highest BCUT2D eigenvalue weighted by Gasteiger charge is 2.27. The Morgan fingerprint density at radius 1 is 1.47 bits per heavy atom. The summed E-state index contributed by atoms with van der Waals surface area (Å²) in [7, 11) is -0.649. The summed E-state index contributed by atoms with van der Waals surface area (Å²) in [4.78, 5) is 2.42. The Kier molecular flexibility index (Phi) is 7.72. The first-order valence-corrected chi connectivity index (χ1v) is 10.3. The zero-order chi connectivity index (χ0) is 14.3. The lowest BCUT2D eigenvalue weighted by atomic mass is 10.0. The van der Waals surface area contributed by atoms with E-state index in [1.54, 1.807) is 0 Å². The van der Waals surface area contributed by atoms with E-state index in [9.17, 15) is 8.42 Å². The van der Waals surface area contributed by atoms with Crippen molar-refractivity contribution < 1.29 is 8.42 Å². The van der Waals surface area contributed by atoms with E-state index in [-0.39, 0.29) is 0 Å². The monoisotopic (exact) mass is 308 g/mol. The topological polar surface area (TPSA) is 49.4 Å². The van der Waals surface area contributed by atoms with Gasteiger partial charge in [-0.25, -0.2) is 8.42 Å².